The monoisotopic (exact) mass is 557 g/mol. The van der Waals surface area contributed by atoms with Gasteiger partial charge in [-0.3, -0.25) is 14.2 Å². The molecule has 0 unspecified atom stereocenters. The number of carbonyl (C=O) groups excluding carboxylic acids is 3. The fourth-order valence-corrected chi connectivity index (χ4v) is 5.01. The van der Waals surface area contributed by atoms with E-state index in [2.05, 4.69) is 15.6 Å². The molecule has 2 aromatic heterocycles. The van der Waals surface area contributed by atoms with Crippen LogP contribution in [-0.2, 0) is 4.79 Å². The summed E-state index contributed by atoms with van der Waals surface area (Å²) in [5, 5.41) is 15.3. The Kier molecular flexibility index (Phi) is 8.16. The van der Waals surface area contributed by atoms with Crippen LogP contribution in [0.15, 0.2) is 67.0 Å². The maximum Gasteiger partial charge on any atom is 0.325 e. The van der Waals surface area contributed by atoms with Crippen LogP contribution in [0.4, 0.5) is 10.6 Å². The molecule has 4 aromatic rings. The molecule has 0 atom stereocenters. The largest absolute Gasteiger partial charge is 0.493 e. The zero-order valence-corrected chi connectivity index (χ0v) is 22.8. The van der Waals surface area contributed by atoms with Crippen molar-refractivity contribution in [3.8, 4) is 17.2 Å². The number of aliphatic hydroxyl groups is 1. The lowest BCUT2D eigenvalue weighted by molar-refractivity contribution is -0.135. The van der Waals surface area contributed by atoms with Gasteiger partial charge in [-0.2, -0.15) is 0 Å². The SMILES string of the molecule is CNC(=O)n1ccc2cc(Oc3ccnc(NC(=O)c4ccc(C5CCN(C(=O)CO)CC5)cc4)c3)c(OC)cc21. The van der Waals surface area contributed by atoms with Gasteiger partial charge in [-0.05, 0) is 54.7 Å². The van der Waals surface area contributed by atoms with E-state index in [1.165, 1.54) is 17.9 Å². The Labute approximate surface area is 236 Å². The summed E-state index contributed by atoms with van der Waals surface area (Å²) in [6.07, 6.45) is 4.83. The number of amides is 3. The minimum Gasteiger partial charge on any atom is -0.493 e. The second kappa shape index (κ2) is 12.1. The maximum absolute atomic E-state index is 12.9. The van der Waals surface area contributed by atoms with Crippen LogP contribution in [0.25, 0.3) is 10.9 Å². The molecular weight excluding hydrogens is 526 g/mol. The Morgan fingerprint density at radius 2 is 1.78 bits per heavy atom. The van der Waals surface area contributed by atoms with Crippen molar-refractivity contribution in [3.63, 3.8) is 0 Å². The molecule has 0 radical (unpaired) electrons. The molecule has 41 heavy (non-hydrogen) atoms. The number of aliphatic hydroxyl groups excluding tert-OH is 1. The molecule has 3 N–H and O–H groups in total. The molecule has 1 aliphatic rings. The van der Waals surface area contributed by atoms with Crippen LogP contribution in [-0.4, -0.2) is 71.3 Å². The van der Waals surface area contributed by atoms with E-state index in [1.807, 2.05) is 18.2 Å². The standard InChI is InChI=1S/C30H31N5O6/c1-31-30(39)35-14-10-22-15-26(25(40-2)17-24(22)35)41-23-7-11-32-27(16-23)33-29(38)21-5-3-19(4-6-21)20-8-12-34(13-9-20)28(37)18-36/h3-7,10-11,14-17,20,36H,8-9,12-13,18H2,1-2H3,(H,31,39)(H,32,33,38). The average Bonchev–Trinajstić information content (AvgIpc) is 3.43. The molecule has 212 valence electrons. The van der Waals surface area contributed by atoms with E-state index in [0.29, 0.717) is 53.2 Å². The zero-order chi connectivity index (χ0) is 28.9. The number of pyridine rings is 1. The lowest BCUT2D eigenvalue weighted by Crippen LogP contribution is -2.39. The molecule has 11 heteroatoms. The highest BCUT2D eigenvalue weighted by atomic mass is 16.5. The predicted octanol–water partition coefficient (Wildman–Crippen LogP) is 3.98. The van der Waals surface area contributed by atoms with Gasteiger partial charge in [0.05, 0.1) is 12.6 Å². The third-order valence-electron chi connectivity index (χ3n) is 7.24. The summed E-state index contributed by atoms with van der Waals surface area (Å²) < 4.78 is 13.1. The van der Waals surface area contributed by atoms with Crippen LogP contribution in [0.3, 0.4) is 0 Å². The Morgan fingerprint density at radius 3 is 2.46 bits per heavy atom. The molecule has 5 rings (SSSR count). The fraction of sp³-hybridized carbons (Fsp3) is 0.267. The van der Waals surface area contributed by atoms with Crippen molar-refractivity contribution in [2.45, 2.75) is 18.8 Å². The summed E-state index contributed by atoms with van der Waals surface area (Å²) in [5.74, 6) is 1.40. The van der Waals surface area contributed by atoms with E-state index in [9.17, 15) is 14.4 Å². The zero-order valence-electron chi connectivity index (χ0n) is 22.8. The van der Waals surface area contributed by atoms with E-state index in [1.54, 1.807) is 54.5 Å². The maximum atomic E-state index is 12.9. The van der Waals surface area contributed by atoms with Gasteiger partial charge in [0, 0.05) is 55.6 Å². The first-order valence-corrected chi connectivity index (χ1v) is 13.2. The quantitative estimate of drug-likeness (QED) is 0.313. The molecule has 3 amide bonds. The van der Waals surface area contributed by atoms with Gasteiger partial charge in [-0.15, -0.1) is 0 Å². The van der Waals surface area contributed by atoms with E-state index in [-0.39, 0.29) is 17.8 Å². The van der Waals surface area contributed by atoms with Crippen LogP contribution in [0.5, 0.6) is 17.2 Å². The molecule has 1 saturated heterocycles. The van der Waals surface area contributed by atoms with Gasteiger partial charge < -0.3 is 30.1 Å². The molecule has 0 saturated carbocycles. The molecule has 0 aliphatic carbocycles. The van der Waals surface area contributed by atoms with Gasteiger partial charge in [0.15, 0.2) is 11.5 Å². The number of rotatable bonds is 7. The summed E-state index contributed by atoms with van der Waals surface area (Å²) >= 11 is 0. The average molecular weight is 558 g/mol. The predicted molar refractivity (Wildman–Crippen MR) is 153 cm³/mol. The number of nitrogens with one attached hydrogen (secondary N) is 2. The summed E-state index contributed by atoms with van der Waals surface area (Å²) in [7, 11) is 3.08. The Morgan fingerprint density at radius 1 is 1.02 bits per heavy atom. The van der Waals surface area contributed by atoms with Gasteiger partial charge in [-0.25, -0.2) is 9.78 Å². The number of likely N-dealkylation sites (tertiary alicyclic amines) is 1. The van der Waals surface area contributed by atoms with E-state index in [0.717, 1.165) is 23.8 Å². The Balaban J connectivity index is 1.25. The number of ether oxygens (including phenoxy) is 2. The van der Waals surface area contributed by atoms with Crippen LogP contribution in [0.1, 0.15) is 34.7 Å². The Hall–Kier alpha value is -4.90. The Bertz CT molecular complexity index is 1570. The number of fused-ring (bicyclic) bond motifs is 1. The van der Waals surface area contributed by atoms with Crippen molar-refractivity contribution >= 4 is 34.6 Å². The van der Waals surface area contributed by atoms with E-state index < -0.39 is 6.61 Å². The van der Waals surface area contributed by atoms with Crippen LogP contribution in [0, 0.1) is 0 Å². The molecule has 3 heterocycles. The normalized spacial score (nSPS) is 13.6. The van der Waals surface area contributed by atoms with Crippen molar-refractivity contribution < 1.29 is 29.0 Å². The molecule has 11 nitrogen and oxygen atoms in total. The molecule has 0 spiro atoms. The van der Waals surface area contributed by atoms with Gasteiger partial charge in [0.1, 0.15) is 18.2 Å². The summed E-state index contributed by atoms with van der Waals surface area (Å²) in [6.45, 7) is 0.759. The lowest BCUT2D eigenvalue weighted by atomic mass is 9.89. The number of piperidine rings is 1. The summed E-state index contributed by atoms with van der Waals surface area (Å²) in [4.78, 5) is 42.7. The van der Waals surface area contributed by atoms with Gasteiger partial charge in [0.2, 0.25) is 5.91 Å². The number of methoxy groups -OCH3 is 1. The van der Waals surface area contributed by atoms with Gasteiger partial charge in [0.25, 0.3) is 5.91 Å². The first-order valence-electron chi connectivity index (χ1n) is 13.2. The smallest absolute Gasteiger partial charge is 0.325 e. The van der Waals surface area contributed by atoms with Crippen LogP contribution < -0.4 is 20.1 Å². The highest BCUT2D eigenvalue weighted by molar-refractivity contribution is 6.03. The summed E-state index contributed by atoms with van der Waals surface area (Å²) in [6, 6.07) is 15.8. The van der Waals surface area contributed by atoms with Crippen molar-refractivity contribution in [3.05, 3.63) is 78.1 Å². The van der Waals surface area contributed by atoms with Crippen LogP contribution >= 0.6 is 0 Å². The molecular formula is C30H31N5O6. The van der Waals surface area contributed by atoms with Gasteiger partial charge in [-0.1, -0.05) is 12.1 Å². The number of aromatic nitrogens is 2. The van der Waals surface area contributed by atoms with E-state index >= 15 is 0 Å². The minimum atomic E-state index is -0.461. The highest BCUT2D eigenvalue weighted by Crippen LogP contribution is 2.36. The lowest BCUT2D eigenvalue weighted by Gasteiger charge is -2.31. The van der Waals surface area contributed by atoms with Crippen molar-refractivity contribution in [2.75, 3.05) is 39.2 Å². The second-order valence-electron chi connectivity index (χ2n) is 9.67. The molecule has 2 aromatic carbocycles. The van der Waals surface area contributed by atoms with Crippen molar-refractivity contribution in [1.82, 2.24) is 19.8 Å². The highest BCUT2D eigenvalue weighted by Gasteiger charge is 2.23. The number of hydrogen-bond donors (Lipinski definition) is 3. The molecule has 1 fully saturated rings. The first kappa shape index (κ1) is 27.7. The summed E-state index contributed by atoms with van der Waals surface area (Å²) in [5.41, 5.74) is 2.27. The minimum absolute atomic E-state index is 0.240. The number of carbonyl (C=O) groups is 3. The third kappa shape index (κ3) is 5.99. The number of benzene rings is 2. The number of anilines is 1. The van der Waals surface area contributed by atoms with Crippen molar-refractivity contribution in [1.29, 1.82) is 0 Å². The van der Waals surface area contributed by atoms with Crippen LogP contribution in [0.2, 0.25) is 0 Å². The third-order valence-corrected chi connectivity index (χ3v) is 7.24. The molecule has 1 aliphatic heterocycles. The number of hydrogen-bond acceptors (Lipinski definition) is 7. The number of nitrogens with zero attached hydrogens (tertiary/aromatic N) is 3. The van der Waals surface area contributed by atoms with E-state index in [4.69, 9.17) is 14.6 Å². The van der Waals surface area contributed by atoms with Gasteiger partial charge >= 0.3 is 6.03 Å². The topological polar surface area (TPSA) is 135 Å². The second-order valence-corrected chi connectivity index (χ2v) is 9.67. The fourth-order valence-electron chi connectivity index (χ4n) is 5.01. The first-order chi connectivity index (χ1) is 19.9. The van der Waals surface area contributed by atoms with Crippen molar-refractivity contribution in [2.24, 2.45) is 0 Å². The molecule has 0 bridgehead atoms.